The number of carbonyl (C=O) groups excluding carboxylic acids is 4. The van der Waals surface area contributed by atoms with Crippen molar-refractivity contribution in [2.45, 2.75) is 40.0 Å². The molecule has 36 heavy (non-hydrogen) atoms. The van der Waals surface area contributed by atoms with Gasteiger partial charge in [-0.3, -0.25) is 14.4 Å². The summed E-state index contributed by atoms with van der Waals surface area (Å²) in [7, 11) is 0. The van der Waals surface area contributed by atoms with Crippen LogP contribution in [-0.4, -0.2) is 30.3 Å². The van der Waals surface area contributed by atoms with Crippen LogP contribution in [0.15, 0.2) is 54.1 Å². The first-order valence-corrected chi connectivity index (χ1v) is 12.6. The molecular formula is C29H30N2O5. The van der Waals surface area contributed by atoms with Gasteiger partial charge in [-0.05, 0) is 67.3 Å². The lowest BCUT2D eigenvalue weighted by atomic mass is 9.82. The van der Waals surface area contributed by atoms with Crippen molar-refractivity contribution in [3.8, 4) is 0 Å². The number of aryl methyl sites for hydroxylation is 2. The summed E-state index contributed by atoms with van der Waals surface area (Å²) in [4.78, 5) is 52.9. The van der Waals surface area contributed by atoms with Crippen molar-refractivity contribution in [3.05, 3.63) is 70.8 Å². The average Bonchev–Trinajstić information content (AvgIpc) is 3.52. The van der Waals surface area contributed by atoms with Crippen molar-refractivity contribution in [2.24, 2.45) is 23.7 Å². The Morgan fingerprint density at radius 2 is 1.67 bits per heavy atom. The Balaban J connectivity index is 1.26. The van der Waals surface area contributed by atoms with Crippen LogP contribution in [0.4, 0.5) is 11.4 Å². The third kappa shape index (κ3) is 3.92. The Bertz CT molecular complexity index is 1270. The number of rotatable bonds is 7. The molecule has 0 spiro atoms. The predicted octanol–water partition coefficient (Wildman–Crippen LogP) is 4.31. The summed E-state index contributed by atoms with van der Waals surface area (Å²) in [5, 5.41) is 2.88. The molecule has 1 heterocycles. The van der Waals surface area contributed by atoms with Crippen molar-refractivity contribution < 1.29 is 23.9 Å². The fraction of sp³-hybridized carbons (Fsp3) is 0.379. The summed E-state index contributed by atoms with van der Waals surface area (Å²) in [5.41, 5.74) is 4.53. The molecule has 1 saturated heterocycles. The molecule has 7 heteroatoms. The standard InChI is InChI=1S/C29H30N2O5/c1-4-17-8-6-9-18(5-2)26(17)30-23(32)15-36-29(35)19-10-7-11-21(13-19)31-27(33)24-20-12-16(3)22(14-20)25(24)28(31)34/h6-13,20,22,24-25H,4-5,14-15H2,1-3H3,(H,30,32)/t20-,22+,24-,25+/m0/s1. The number of hydrogen-bond acceptors (Lipinski definition) is 5. The van der Waals surface area contributed by atoms with Gasteiger partial charge in [-0.15, -0.1) is 0 Å². The monoisotopic (exact) mass is 486 g/mol. The second kappa shape index (κ2) is 9.37. The Kier molecular flexibility index (Phi) is 6.24. The highest BCUT2D eigenvalue weighted by Crippen LogP contribution is 2.55. The fourth-order valence-electron chi connectivity index (χ4n) is 6.09. The average molecular weight is 487 g/mol. The van der Waals surface area contributed by atoms with Crippen molar-refractivity contribution in [1.82, 2.24) is 0 Å². The van der Waals surface area contributed by atoms with E-state index in [0.717, 1.165) is 36.1 Å². The molecule has 2 aromatic carbocycles. The van der Waals surface area contributed by atoms with E-state index in [0.29, 0.717) is 5.69 Å². The number of nitrogens with zero attached hydrogens (tertiary/aromatic N) is 1. The maximum absolute atomic E-state index is 13.2. The van der Waals surface area contributed by atoms with E-state index in [1.807, 2.05) is 39.0 Å². The summed E-state index contributed by atoms with van der Waals surface area (Å²) < 4.78 is 5.27. The number of carbonyl (C=O) groups is 4. The van der Waals surface area contributed by atoms with Crippen LogP contribution in [0.2, 0.25) is 0 Å². The van der Waals surface area contributed by atoms with Crippen LogP contribution in [-0.2, 0) is 32.0 Å². The van der Waals surface area contributed by atoms with Crippen molar-refractivity contribution in [1.29, 1.82) is 0 Å². The van der Waals surface area contributed by atoms with Gasteiger partial charge in [0.1, 0.15) is 0 Å². The van der Waals surface area contributed by atoms with Crippen LogP contribution in [0.1, 0.15) is 48.7 Å². The van der Waals surface area contributed by atoms with Crippen LogP contribution in [0, 0.1) is 23.7 Å². The van der Waals surface area contributed by atoms with E-state index < -0.39 is 18.5 Å². The van der Waals surface area contributed by atoms with Crippen molar-refractivity contribution >= 4 is 35.1 Å². The number of esters is 1. The highest BCUT2D eigenvalue weighted by Gasteiger charge is 2.60. The Morgan fingerprint density at radius 1 is 1.00 bits per heavy atom. The van der Waals surface area contributed by atoms with Gasteiger partial charge >= 0.3 is 5.97 Å². The molecule has 0 radical (unpaired) electrons. The second-order valence-electron chi connectivity index (χ2n) is 9.81. The molecule has 2 bridgehead atoms. The molecule has 1 saturated carbocycles. The summed E-state index contributed by atoms with van der Waals surface area (Å²) in [5.74, 6) is -1.91. The first kappa shape index (κ1) is 24.0. The molecule has 2 fully saturated rings. The van der Waals surface area contributed by atoms with E-state index >= 15 is 0 Å². The van der Waals surface area contributed by atoms with Gasteiger partial charge in [0, 0.05) is 5.69 Å². The third-order valence-electron chi connectivity index (χ3n) is 7.82. The number of benzene rings is 2. The SMILES string of the molecule is CCc1cccc(CC)c1NC(=O)COC(=O)c1cccc(N2C(=O)[C@@H]3[C@H](C2=O)[C@@H]2C[C@@H]3C=C2C)c1. The van der Waals surface area contributed by atoms with E-state index in [1.54, 1.807) is 18.2 Å². The van der Waals surface area contributed by atoms with Crippen LogP contribution >= 0.6 is 0 Å². The molecule has 0 unspecified atom stereocenters. The molecule has 2 aromatic rings. The van der Waals surface area contributed by atoms with E-state index in [2.05, 4.69) is 11.4 Å². The lowest BCUT2D eigenvalue weighted by Crippen LogP contribution is -2.33. The molecular weight excluding hydrogens is 456 g/mol. The number of hydrogen-bond donors (Lipinski definition) is 1. The largest absolute Gasteiger partial charge is 0.452 e. The van der Waals surface area contributed by atoms with E-state index in [4.69, 9.17) is 4.74 Å². The number of nitrogens with one attached hydrogen (secondary N) is 1. The van der Waals surface area contributed by atoms with Gasteiger partial charge in [0.25, 0.3) is 5.91 Å². The quantitative estimate of drug-likeness (QED) is 0.358. The number of fused-ring (bicyclic) bond motifs is 5. The molecule has 1 N–H and O–H groups in total. The topological polar surface area (TPSA) is 92.8 Å². The molecule has 186 valence electrons. The number of anilines is 2. The highest BCUT2D eigenvalue weighted by molar-refractivity contribution is 6.23. The first-order chi connectivity index (χ1) is 17.3. The molecule has 3 amide bonds. The third-order valence-corrected chi connectivity index (χ3v) is 7.82. The van der Waals surface area contributed by atoms with E-state index in [-0.39, 0.29) is 41.0 Å². The van der Waals surface area contributed by atoms with Crippen molar-refractivity contribution in [3.63, 3.8) is 0 Å². The summed E-state index contributed by atoms with van der Waals surface area (Å²) in [6, 6.07) is 12.2. The van der Waals surface area contributed by atoms with E-state index in [9.17, 15) is 19.2 Å². The van der Waals surface area contributed by atoms with Gasteiger partial charge in [0.2, 0.25) is 11.8 Å². The number of allylic oxidation sites excluding steroid dienone is 2. The number of para-hydroxylation sites is 1. The van der Waals surface area contributed by atoms with Gasteiger partial charge in [-0.25, -0.2) is 9.69 Å². The number of amides is 3. The summed E-state index contributed by atoms with van der Waals surface area (Å²) in [6.07, 6.45) is 4.52. The predicted molar refractivity (Wildman–Crippen MR) is 135 cm³/mol. The molecule has 2 aliphatic carbocycles. The maximum Gasteiger partial charge on any atom is 0.338 e. The molecule has 7 nitrogen and oxygen atoms in total. The molecule has 5 rings (SSSR count). The lowest BCUT2D eigenvalue weighted by molar-refractivity contribution is -0.123. The normalized spacial score (nSPS) is 24.1. The minimum Gasteiger partial charge on any atom is -0.452 e. The molecule has 3 aliphatic rings. The molecule has 1 aliphatic heterocycles. The van der Waals surface area contributed by atoms with Gasteiger partial charge in [-0.2, -0.15) is 0 Å². The number of imide groups is 1. The van der Waals surface area contributed by atoms with Crippen LogP contribution in [0.25, 0.3) is 0 Å². The number of ether oxygens (including phenoxy) is 1. The zero-order valence-electron chi connectivity index (χ0n) is 20.7. The Hall–Kier alpha value is -3.74. The van der Waals surface area contributed by atoms with Crippen LogP contribution in [0.5, 0.6) is 0 Å². The zero-order valence-corrected chi connectivity index (χ0v) is 20.7. The summed E-state index contributed by atoms with van der Waals surface area (Å²) in [6.45, 7) is 5.62. The van der Waals surface area contributed by atoms with Gasteiger partial charge < -0.3 is 10.1 Å². The summed E-state index contributed by atoms with van der Waals surface area (Å²) >= 11 is 0. The van der Waals surface area contributed by atoms with Gasteiger partial charge in [0.15, 0.2) is 6.61 Å². The lowest BCUT2D eigenvalue weighted by Gasteiger charge is -2.19. The zero-order chi connectivity index (χ0) is 25.6. The Morgan fingerprint density at radius 3 is 2.36 bits per heavy atom. The van der Waals surface area contributed by atoms with E-state index in [1.165, 1.54) is 16.5 Å². The highest BCUT2D eigenvalue weighted by atomic mass is 16.5. The maximum atomic E-state index is 13.2. The van der Waals surface area contributed by atoms with Crippen LogP contribution < -0.4 is 10.2 Å². The minimum absolute atomic E-state index is 0.110. The van der Waals surface area contributed by atoms with Crippen molar-refractivity contribution in [2.75, 3.05) is 16.8 Å². The van der Waals surface area contributed by atoms with Crippen LogP contribution in [0.3, 0.4) is 0 Å². The fourth-order valence-corrected chi connectivity index (χ4v) is 6.09. The first-order valence-electron chi connectivity index (χ1n) is 12.6. The Labute approximate surface area is 210 Å². The second-order valence-corrected chi connectivity index (χ2v) is 9.81. The smallest absolute Gasteiger partial charge is 0.338 e. The molecule has 4 atom stereocenters. The van der Waals surface area contributed by atoms with Gasteiger partial charge in [0.05, 0.1) is 23.1 Å². The van der Waals surface area contributed by atoms with Gasteiger partial charge in [-0.1, -0.05) is 49.8 Å². The minimum atomic E-state index is -0.691. The molecule has 0 aromatic heterocycles.